The summed E-state index contributed by atoms with van der Waals surface area (Å²) in [5.74, 6) is -0.737. The number of nitrogens with one attached hydrogen (secondary N) is 1. The van der Waals surface area contributed by atoms with Gasteiger partial charge in [0.05, 0.1) is 61.3 Å². The second-order valence-corrected chi connectivity index (χ2v) is 6.72. The van der Waals surface area contributed by atoms with Crippen LogP contribution in [0.25, 0.3) is 0 Å². The molecule has 27 heavy (non-hydrogen) atoms. The van der Waals surface area contributed by atoms with Crippen molar-refractivity contribution in [3.05, 3.63) is 47.3 Å². The van der Waals surface area contributed by atoms with Gasteiger partial charge in [-0.3, -0.25) is 19.2 Å². The lowest BCUT2D eigenvalue weighted by Crippen LogP contribution is -2.38. The van der Waals surface area contributed by atoms with Gasteiger partial charge in [-0.25, -0.2) is 0 Å². The Bertz CT molecular complexity index is 849. The minimum absolute atomic E-state index is 0.00507. The molecule has 2 aliphatic rings. The van der Waals surface area contributed by atoms with Gasteiger partial charge in [0.15, 0.2) is 0 Å². The summed E-state index contributed by atoms with van der Waals surface area (Å²) in [5, 5.41) is 40.0. The topological polar surface area (TPSA) is 141 Å². The van der Waals surface area contributed by atoms with E-state index in [-0.39, 0.29) is 31.5 Å². The van der Waals surface area contributed by atoms with Gasteiger partial charge in [-0.1, -0.05) is 17.3 Å². The van der Waals surface area contributed by atoms with Crippen molar-refractivity contribution in [2.75, 3.05) is 6.61 Å². The van der Waals surface area contributed by atoms with E-state index >= 15 is 0 Å². The maximum Gasteiger partial charge on any atom is 0.261 e. The van der Waals surface area contributed by atoms with E-state index in [2.05, 4.69) is 15.6 Å². The van der Waals surface area contributed by atoms with Gasteiger partial charge in [0.25, 0.3) is 11.8 Å². The molecule has 0 radical (unpaired) electrons. The molecule has 4 atom stereocenters. The predicted molar refractivity (Wildman–Crippen MR) is 90.5 cm³/mol. The Kier molecular flexibility index (Phi) is 4.48. The number of benzene rings is 1. The van der Waals surface area contributed by atoms with Gasteiger partial charge < -0.3 is 20.6 Å². The molecule has 1 fully saturated rings. The fourth-order valence-electron chi connectivity index (χ4n) is 3.52. The zero-order chi connectivity index (χ0) is 19.1. The number of rotatable bonds is 5. The molecule has 1 aromatic heterocycles. The van der Waals surface area contributed by atoms with Crippen molar-refractivity contribution in [3.8, 4) is 0 Å². The highest BCUT2D eigenvalue weighted by Crippen LogP contribution is 2.23. The van der Waals surface area contributed by atoms with E-state index in [1.165, 1.54) is 4.68 Å². The molecule has 4 N–H and O–H groups in total. The molecule has 0 saturated carbocycles. The Morgan fingerprint density at radius 1 is 1.04 bits per heavy atom. The number of carbonyl (C=O) groups excluding carboxylic acids is 2. The molecule has 2 amide bonds. The van der Waals surface area contributed by atoms with Crippen molar-refractivity contribution < 1.29 is 24.9 Å². The van der Waals surface area contributed by atoms with E-state index < -0.39 is 24.3 Å². The van der Waals surface area contributed by atoms with E-state index in [1.54, 1.807) is 30.5 Å². The molecule has 1 aromatic carbocycles. The molecular weight excluding hydrogens is 354 g/mol. The van der Waals surface area contributed by atoms with Crippen LogP contribution in [0.1, 0.15) is 26.4 Å². The summed E-state index contributed by atoms with van der Waals surface area (Å²) in [6, 6.07) is 5.53. The second-order valence-electron chi connectivity index (χ2n) is 6.72. The highest BCUT2D eigenvalue weighted by Gasteiger charge is 2.41. The summed E-state index contributed by atoms with van der Waals surface area (Å²) in [4.78, 5) is 25.9. The van der Waals surface area contributed by atoms with E-state index in [1.807, 2.05) is 0 Å². The van der Waals surface area contributed by atoms with Gasteiger partial charge in [0.1, 0.15) is 5.69 Å². The summed E-state index contributed by atoms with van der Waals surface area (Å²) in [6.45, 7) is -0.0875. The number of aliphatic hydroxyl groups is 3. The van der Waals surface area contributed by atoms with Gasteiger partial charge in [-0.05, 0) is 12.1 Å². The van der Waals surface area contributed by atoms with Gasteiger partial charge >= 0.3 is 0 Å². The molecule has 2 aliphatic heterocycles. The maximum atomic E-state index is 12.4. The van der Waals surface area contributed by atoms with Crippen LogP contribution in [0.4, 0.5) is 0 Å². The highest BCUT2D eigenvalue weighted by atomic mass is 16.3. The minimum atomic E-state index is -1.07. The molecule has 4 rings (SSSR count). The van der Waals surface area contributed by atoms with Gasteiger partial charge in [-0.2, -0.15) is 0 Å². The number of fused-ring (bicyclic) bond motifs is 1. The highest BCUT2D eigenvalue weighted by molar-refractivity contribution is 6.21. The van der Waals surface area contributed by atoms with E-state index in [0.717, 1.165) is 4.90 Å². The Morgan fingerprint density at radius 2 is 1.67 bits per heavy atom. The first-order chi connectivity index (χ1) is 13.0. The van der Waals surface area contributed by atoms with Crippen molar-refractivity contribution in [1.82, 2.24) is 25.2 Å². The third-order valence-corrected chi connectivity index (χ3v) is 4.97. The molecule has 0 bridgehead atoms. The van der Waals surface area contributed by atoms with E-state index in [0.29, 0.717) is 16.8 Å². The zero-order valence-electron chi connectivity index (χ0n) is 14.3. The average Bonchev–Trinajstić information content (AvgIpc) is 3.30. The first-order valence-corrected chi connectivity index (χ1v) is 8.57. The van der Waals surface area contributed by atoms with Crippen LogP contribution in [0.5, 0.6) is 0 Å². The fourth-order valence-corrected chi connectivity index (χ4v) is 3.52. The van der Waals surface area contributed by atoms with Crippen LogP contribution >= 0.6 is 0 Å². The number of amides is 2. The average molecular weight is 373 g/mol. The van der Waals surface area contributed by atoms with Crippen molar-refractivity contribution in [2.24, 2.45) is 0 Å². The first-order valence-electron chi connectivity index (χ1n) is 8.57. The van der Waals surface area contributed by atoms with Crippen LogP contribution in [-0.2, 0) is 13.1 Å². The smallest absolute Gasteiger partial charge is 0.261 e. The van der Waals surface area contributed by atoms with Crippen LogP contribution in [-0.4, -0.2) is 77.9 Å². The largest absolute Gasteiger partial charge is 0.395 e. The lowest BCUT2D eigenvalue weighted by atomic mass is 10.1. The molecule has 3 heterocycles. The monoisotopic (exact) mass is 373 g/mol. The zero-order valence-corrected chi connectivity index (χ0v) is 14.3. The minimum Gasteiger partial charge on any atom is -0.395 e. The standard InChI is InChI=1S/C17H19N5O5/c23-8-13-15(25)14(24)12(18-13)7-21-5-9(19-20-21)6-22-16(26)10-3-1-2-4-11(10)17(22)27/h1-5,12-15,18,23-25H,6-8H2/t12-,13-,14-,15-/m1/s1. The Labute approximate surface area is 154 Å². The Hall–Kier alpha value is -2.66. The summed E-state index contributed by atoms with van der Waals surface area (Å²) in [6.07, 6.45) is -0.538. The van der Waals surface area contributed by atoms with Gasteiger partial charge in [0.2, 0.25) is 0 Å². The molecule has 142 valence electrons. The second kappa shape index (κ2) is 6.82. The molecule has 0 unspecified atom stereocenters. The number of hydrogen-bond acceptors (Lipinski definition) is 8. The van der Waals surface area contributed by atoms with Crippen molar-refractivity contribution in [3.63, 3.8) is 0 Å². The fraction of sp³-hybridized carbons (Fsp3) is 0.412. The summed E-state index contributed by atoms with van der Waals surface area (Å²) >= 11 is 0. The summed E-state index contributed by atoms with van der Waals surface area (Å²) < 4.78 is 1.46. The molecular formula is C17H19N5O5. The first kappa shape index (κ1) is 17.7. The molecule has 10 nitrogen and oxygen atoms in total. The lowest BCUT2D eigenvalue weighted by Gasteiger charge is -2.15. The number of aromatic nitrogens is 3. The summed E-state index contributed by atoms with van der Waals surface area (Å²) in [5.41, 5.74) is 1.17. The normalized spacial score (nSPS) is 27.4. The Balaban J connectivity index is 1.44. The predicted octanol–water partition coefficient (Wildman–Crippen LogP) is -1.87. The Morgan fingerprint density at radius 3 is 2.26 bits per heavy atom. The third kappa shape index (κ3) is 3.02. The van der Waals surface area contributed by atoms with Crippen LogP contribution in [0.2, 0.25) is 0 Å². The van der Waals surface area contributed by atoms with Gasteiger partial charge in [0, 0.05) is 0 Å². The van der Waals surface area contributed by atoms with Crippen LogP contribution in [0, 0.1) is 0 Å². The van der Waals surface area contributed by atoms with E-state index in [9.17, 15) is 24.9 Å². The van der Waals surface area contributed by atoms with Crippen LogP contribution in [0.3, 0.4) is 0 Å². The number of imide groups is 1. The number of aliphatic hydroxyl groups excluding tert-OH is 3. The van der Waals surface area contributed by atoms with Gasteiger partial charge in [-0.15, -0.1) is 5.10 Å². The quantitative estimate of drug-likeness (QED) is 0.447. The molecule has 0 spiro atoms. The SMILES string of the molecule is O=C1c2ccccc2C(=O)N1Cc1cn(C[C@H]2N[C@H](CO)[C@@H](O)[C@@H]2O)nn1. The summed E-state index contributed by atoms with van der Waals surface area (Å²) in [7, 11) is 0. The molecule has 10 heteroatoms. The van der Waals surface area contributed by atoms with Crippen molar-refractivity contribution >= 4 is 11.8 Å². The van der Waals surface area contributed by atoms with Crippen LogP contribution < -0.4 is 5.32 Å². The van der Waals surface area contributed by atoms with Crippen molar-refractivity contribution in [1.29, 1.82) is 0 Å². The molecule has 1 saturated heterocycles. The molecule has 2 aromatic rings. The number of nitrogens with zero attached hydrogens (tertiary/aromatic N) is 4. The third-order valence-electron chi connectivity index (χ3n) is 4.97. The lowest BCUT2D eigenvalue weighted by molar-refractivity contribution is 0.0175. The molecule has 0 aliphatic carbocycles. The maximum absolute atomic E-state index is 12.4. The van der Waals surface area contributed by atoms with Crippen LogP contribution in [0.15, 0.2) is 30.5 Å². The number of hydrogen-bond donors (Lipinski definition) is 4. The van der Waals surface area contributed by atoms with Crippen molar-refractivity contribution in [2.45, 2.75) is 37.4 Å². The number of carbonyl (C=O) groups is 2. The van der Waals surface area contributed by atoms with E-state index in [4.69, 9.17) is 0 Å².